The molecule has 0 unspecified atom stereocenters. The zero-order valence-electron chi connectivity index (χ0n) is 6.35. The summed E-state index contributed by atoms with van der Waals surface area (Å²) in [4.78, 5) is 10.3. The lowest BCUT2D eigenvalue weighted by Crippen LogP contribution is -2.02. The molecule has 0 radical (unpaired) electrons. The molecule has 0 aliphatic rings. The van der Waals surface area contributed by atoms with E-state index in [1.165, 1.54) is 12.1 Å². The van der Waals surface area contributed by atoms with Gasteiger partial charge in [-0.15, -0.1) is 0 Å². The topological polar surface area (TPSA) is 37.3 Å². The largest absolute Gasteiger partial charge is 0.481 e. The van der Waals surface area contributed by atoms with Gasteiger partial charge in [-0.1, -0.05) is 0 Å². The Bertz CT molecular complexity index is 352. The van der Waals surface area contributed by atoms with E-state index >= 15 is 0 Å². The fourth-order valence-electron chi connectivity index (χ4n) is 0.862. The van der Waals surface area contributed by atoms with Gasteiger partial charge in [-0.3, -0.25) is 4.79 Å². The van der Waals surface area contributed by atoms with Crippen molar-refractivity contribution in [2.24, 2.45) is 0 Å². The first-order valence-electron chi connectivity index (χ1n) is 3.36. The molecule has 0 heterocycles. The zero-order chi connectivity index (χ0) is 10.0. The maximum atomic E-state index is 13.1. The highest BCUT2D eigenvalue weighted by Gasteiger charge is 2.09. The maximum Gasteiger partial charge on any atom is 0.307 e. The molecule has 0 saturated carbocycles. The number of aliphatic carboxylic acids is 1. The van der Waals surface area contributed by atoms with Gasteiger partial charge in [0.25, 0.3) is 0 Å². The molecule has 0 aliphatic carbocycles. The van der Waals surface area contributed by atoms with Crippen molar-refractivity contribution in [2.75, 3.05) is 0 Å². The number of hydrogen-bond acceptors (Lipinski definition) is 1. The van der Waals surface area contributed by atoms with Crippen molar-refractivity contribution >= 4 is 37.8 Å². The smallest absolute Gasteiger partial charge is 0.307 e. The van der Waals surface area contributed by atoms with Crippen molar-refractivity contribution in [3.8, 4) is 0 Å². The number of carboxylic acids is 1. The lowest BCUT2D eigenvalue weighted by Gasteiger charge is -2.02. The Morgan fingerprint density at radius 2 is 1.92 bits per heavy atom. The van der Waals surface area contributed by atoms with E-state index in [0.29, 0.717) is 8.95 Å². The SMILES string of the molecule is O=C(O)Cc1cc(Br)c(Br)cc1F. The van der Waals surface area contributed by atoms with Gasteiger partial charge < -0.3 is 5.11 Å². The number of halogens is 3. The van der Waals surface area contributed by atoms with Crippen LogP contribution in [0.2, 0.25) is 0 Å². The van der Waals surface area contributed by atoms with E-state index in [4.69, 9.17) is 5.11 Å². The first-order valence-corrected chi connectivity index (χ1v) is 4.94. The van der Waals surface area contributed by atoms with E-state index in [1.807, 2.05) is 0 Å². The number of carboxylic acid groups (broad SMARTS) is 1. The summed E-state index contributed by atoms with van der Waals surface area (Å²) in [6, 6.07) is 2.69. The van der Waals surface area contributed by atoms with Crippen LogP contribution >= 0.6 is 31.9 Å². The summed E-state index contributed by atoms with van der Waals surface area (Å²) < 4.78 is 14.3. The van der Waals surface area contributed by atoms with E-state index in [2.05, 4.69) is 31.9 Å². The number of hydrogen-bond donors (Lipinski definition) is 1. The number of benzene rings is 1. The average molecular weight is 312 g/mol. The highest BCUT2D eigenvalue weighted by molar-refractivity contribution is 9.13. The van der Waals surface area contributed by atoms with Crippen molar-refractivity contribution in [2.45, 2.75) is 6.42 Å². The van der Waals surface area contributed by atoms with Gasteiger partial charge in [0.15, 0.2) is 0 Å². The molecule has 0 fully saturated rings. The molecule has 5 heteroatoms. The van der Waals surface area contributed by atoms with E-state index in [9.17, 15) is 9.18 Å². The quantitative estimate of drug-likeness (QED) is 0.853. The Morgan fingerprint density at radius 3 is 2.46 bits per heavy atom. The Balaban J connectivity index is 3.08. The third-order valence-electron chi connectivity index (χ3n) is 1.43. The molecule has 1 rings (SSSR count). The lowest BCUT2D eigenvalue weighted by molar-refractivity contribution is -0.136. The minimum atomic E-state index is -1.05. The fraction of sp³-hybridized carbons (Fsp3) is 0.125. The molecule has 1 N–H and O–H groups in total. The minimum Gasteiger partial charge on any atom is -0.481 e. The molecule has 2 nitrogen and oxygen atoms in total. The van der Waals surface area contributed by atoms with Gasteiger partial charge in [0.1, 0.15) is 5.82 Å². The molecule has 0 amide bonds. The third kappa shape index (κ3) is 2.77. The Hall–Kier alpha value is -0.420. The Labute approximate surface area is 91.0 Å². The molecule has 0 saturated heterocycles. The summed E-state index contributed by atoms with van der Waals surface area (Å²) in [6.45, 7) is 0. The van der Waals surface area contributed by atoms with Gasteiger partial charge in [0, 0.05) is 14.5 Å². The first kappa shape index (κ1) is 10.7. The highest BCUT2D eigenvalue weighted by atomic mass is 79.9. The van der Waals surface area contributed by atoms with Crippen molar-refractivity contribution in [1.29, 1.82) is 0 Å². The first-order chi connectivity index (χ1) is 6.00. The van der Waals surface area contributed by atoms with Crippen molar-refractivity contribution < 1.29 is 14.3 Å². The second kappa shape index (κ2) is 4.19. The molecule has 0 atom stereocenters. The van der Waals surface area contributed by atoms with Crippen molar-refractivity contribution in [3.05, 3.63) is 32.5 Å². The second-order valence-corrected chi connectivity index (χ2v) is 4.14. The van der Waals surface area contributed by atoms with E-state index < -0.39 is 11.8 Å². The van der Waals surface area contributed by atoms with Crippen LogP contribution in [0.3, 0.4) is 0 Å². The summed E-state index contributed by atoms with van der Waals surface area (Å²) in [5.74, 6) is -1.56. The summed E-state index contributed by atoms with van der Waals surface area (Å²) in [5.41, 5.74) is 0.169. The van der Waals surface area contributed by atoms with Crippen molar-refractivity contribution in [1.82, 2.24) is 0 Å². The highest BCUT2D eigenvalue weighted by Crippen LogP contribution is 2.26. The van der Waals surface area contributed by atoms with Crippen LogP contribution in [0.5, 0.6) is 0 Å². The Morgan fingerprint density at radius 1 is 1.38 bits per heavy atom. The minimum absolute atomic E-state index is 0.169. The normalized spacial score (nSPS) is 10.1. The van der Waals surface area contributed by atoms with Crippen LogP contribution in [0.15, 0.2) is 21.1 Å². The summed E-state index contributed by atoms with van der Waals surface area (Å²) in [7, 11) is 0. The monoisotopic (exact) mass is 310 g/mol. The van der Waals surface area contributed by atoms with Crippen LogP contribution in [0, 0.1) is 5.82 Å². The van der Waals surface area contributed by atoms with Crippen LogP contribution in [0.25, 0.3) is 0 Å². The molecular weight excluding hydrogens is 307 g/mol. The molecule has 1 aromatic carbocycles. The standard InChI is InChI=1S/C8H5Br2FO2/c9-5-1-4(2-8(12)13)7(11)3-6(5)10/h1,3H,2H2,(H,12,13). The van der Waals surface area contributed by atoms with Gasteiger partial charge in [0.05, 0.1) is 6.42 Å². The average Bonchev–Trinajstić information content (AvgIpc) is 1.99. The van der Waals surface area contributed by atoms with E-state index in [-0.39, 0.29) is 12.0 Å². The van der Waals surface area contributed by atoms with Gasteiger partial charge in [-0.25, -0.2) is 4.39 Å². The number of carbonyl (C=O) groups is 1. The molecule has 0 aliphatic heterocycles. The van der Waals surface area contributed by atoms with Gasteiger partial charge >= 0.3 is 5.97 Å². The molecule has 0 aromatic heterocycles. The fourth-order valence-corrected chi connectivity index (χ4v) is 1.57. The third-order valence-corrected chi connectivity index (χ3v) is 3.28. The van der Waals surface area contributed by atoms with Gasteiger partial charge in [-0.05, 0) is 44.0 Å². The summed E-state index contributed by atoms with van der Waals surface area (Å²) in [5, 5.41) is 8.46. The lowest BCUT2D eigenvalue weighted by atomic mass is 10.1. The molecule has 1 aromatic rings. The maximum absolute atomic E-state index is 13.1. The van der Waals surface area contributed by atoms with Gasteiger partial charge in [0.2, 0.25) is 0 Å². The van der Waals surface area contributed by atoms with Crippen molar-refractivity contribution in [3.63, 3.8) is 0 Å². The predicted octanol–water partition coefficient (Wildman–Crippen LogP) is 2.98. The van der Waals surface area contributed by atoms with Crippen LogP contribution in [0.1, 0.15) is 5.56 Å². The summed E-state index contributed by atoms with van der Waals surface area (Å²) >= 11 is 6.28. The van der Waals surface area contributed by atoms with Crippen LogP contribution in [-0.4, -0.2) is 11.1 Å². The summed E-state index contributed by atoms with van der Waals surface area (Å²) in [6.07, 6.45) is -0.308. The molecule has 13 heavy (non-hydrogen) atoms. The van der Waals surface area contributed by atoms with Crippen LogP contribution in [0.4, 0.5) is 4.39 Å². The molecule has 70 valence electrons. The van der Waals surface area contributed by atoms with Crippen LogP contribution in [-0.2, 0) is 11.2 Å². The van der Waals surface area contributed by atoms with E-state index in [1.54, 1.807) is 0 Å². The van der Waals surface area contributed by atoms with E-state index in [0.717, 1.165) is 0 Å². The zero-order valence-corrected chi connectivity index (χ0v) is 9.52. The number of rotatable bonds is 2. The predicted molar refractivity (Wildman–Crippen MR) is 53.1 cm³/mol. The van der Waals surface area contributed by atoms with Gasteiger partial charge in [-0.2, -0.15) is 0 Å². The Kier molecular flexibility index (Phi) is 3.44. The van der Waals surface area contributed by atoms with Crippen LogP contribution < -0.4 is 0 Å². The molecular formula is C8H5Br2FO2. The molecule has 0 spiro atoms. The second-order valence-electron chi connectivity index (χ2n) is 2.43. The molecule has 0 bridgehead atoms.